The Kier molecular flexibility index (Phi) is 4.52. The number of benzene rings is 1. The minimum atomic E-state index is -3.58. The van der Waals surface area contributed by atoms with Crippen molar-refractivity contribution in [2.24, 2.45) is 0 Å². The van der Waals surface area contributed by atoms with Crippen molar-refractivity contribution in [1.82, 2.24) is 14.9 Å². The monoisotopic (exact) mass is 301 g/mol. The van der Waals surface area contributed by atoms with E-state index in [1.54, 1.807) is 18.2 Å². The number of alkyl halides is 1. The Morgan fingerprint density at radius 2 is 2.11 bits per heavy atom. The molecule has 1 heterocycles. The molecular weight excluding hydrogens is 290 g/mol. The van der Waals surface area contributed by atoms with Crippen molar-refractivity contribution in [3.8, 4) is 0 Å². The van der Waals surface area contributed by atoms with Crippen LogP contribution in [0.4, 0.5) is 0 Å². The molecule has 2 rings (SSSR count). The van der Waals surface area contributed by atoms with Gasteiger partial charge in [0.1, 0.15) is 0 Å². The predicted molar refractivity (Wildman–Crippen MR) is 69.2 cm³/mol. The van der Waals surface area contributed by atoms with Crippen molar-refractivity contribution in [3.05, 3.63) is 42.0 Å². The summed E-state index contributed by atoms with van der Waals surface area (Å²) in [4.78, 5) is 4.00. The van der Waals surface area contributed by atoms with Crippen LogP contribution in [0.25, 0.3) is 0 Å². The maximum atomic E-state index is 12.1. The molecule has 0 spiro atoms. The van der Waals surface area contributed by atoms with E-state index in [0.29, 0.717) is 17.8 Å². The van der Waals surface area contributed by atoms with Crippen molar-refractivity contribution in [2.75, 3.05) is 6.54 Å². The first-order chi connectivity index (χ1) is 9.13. The van der Waals surface area contributed by atoms with E-state index in [2.05, 4.69) is 19.4 Å². The first-order valence-corrected chi connectivity index (χ1v) is 7.54. The summed E-state index contributed by atoms with van der Waals surface area (Å²) < 4.78 is 31.3. The van der Waals surface area contributed by atoms with Crippen molar-refractivity contribution >= 4 is 21.6 Å². The molecule has 1 aromatic carbocycles. The largest absolute Gasteiger partial charge is 0.343 e. The highest BCUT2D eigenvalue weighted by Gasteiger charge is 2.17. The quantitative estimate of drug-likeness (QED) is 0.814. The van der Waals surface area contributed by atoms with Gasteiger partial charge in [0.05, 0.1) is 4.90 Å². The summed E-state index contributed by atoms with van der Waals surface area (Å²) in [5, 5.41) is 3.60. The van der Waals surface area contributed by atoms with E-state index in [1.807, 2.05) is 0 Å². The minimum absolute atomic E-state index is 0.141. The first-order valence-electron chi connectivity index (χ1n) is 5.52. The predicted octanol–water partition coefficient (Wildman–Crippen LogP) is 1.33. The lowest BCUT2D eigenvalue weighted by Gasteiger charge is -2.09. The van der Waals surface area contributed by atoms with Crippen LogP contribution in [0.5, 0.6) is 0 Å². The Hall–Kier alpha value is -1.44. The molecule has 0 aliphatic carbocycles. The summed E-state index contributed by atoms with van der Waals surface area (Å²) in [5.41, 5.74) is 0.566. The van der Waals surface area contributed by atoms with E-state index in [-0.39, 0.29) is 17.3 Å². The Morgan fingerprint density at radius 3 is 2.79 bits per heavy atom. The molecule has 0 aliphatic heterocycles. The standard InChI is InChI=1S/C11H12ClN3O3S/c12-7-9-3-1-2-4-10(9)19(16,17)14-6-5-11-13-8-18-15-11/h1-4,8,14H,5-7H2. The van der Waals surface area contributed by atoms with Gasteiger partial charge in [0, 0.05) is 18.8 Å². The molecular formula is C11H12ClN3O3S. The van der Waals surface area contributed by atoms with Gasteiger partial charge in [-0.2, -0.15) is 4.98 Å². The van der Waals surface area contributed by atoms with Gasteiger partial charge in [-0.15, -0.1) is 11.6 Å². The van der Waals surface area contributed by atoms with Crippen molar-refractivity contribution in [2.45, 2.75) is 17.2 Å². The molecule has 0 amide bonds. The topological polar surface area (TPSA) is 85.1 Å². The van der Waals surface area contributed by atoms with E-state index >= 15 is 0 Å². The van der Waals surface area contributed by atoms with Gasteiger partial charge in [-0.3, -0.25) is 0 Å². The molecule has 0 fully saturated rings. The lowest BCUT2D eigenvalue weighted by molar-refractivity contribution is 0.410. The number of rotatable bonds is 6. The van der Waals surface area contributed by atoms with Crippen LogP contribution in [0.1, 0.15) is 11.4 Å². The van der Waals surface area contributed by atoms with Gasteiger partial charge in [-0.05, 0) is 11.6 Å². The molecule has 0 bridgehead atoms. The molecule has 19 heavy (non-hydrogen) atoms. The molecule has 2 aromatic rings. The van der Waals surface area contributed by atoms with E-state index in [0.717, 1.165) is 0 Å². The third kappa shape index (κ3) is 3.52. The van der Waals surface area contributed by atoms with Crippen LogP contribution < -0.4 is 4.72 Å². The van der Waals surface area contributed by atoms with Gasteiger partial charge in [0.15, 0.2) is 5.82 Å². The highest BCUT2D eigenvalue weighted by atomic mass is 35.5. The molecule has 0 unspecified atom stereocenters. The van der Waals surface area contributed by atoms with Crippen LogP contribution in [0, 0.1) is 0 Å². The van der Waals surface area contributed by atoms with Crippen LogP contribution in [0.15, 0.2) is 40.1 Å². The third-order valence-electron chi connectivity index (χ3n) is 2.45. The van der Waals surface area contributed by atoms with Crippen LogP contribution in [0.2, 0.25) is 0 Å². The van der Waals surface area contributed by atoms with Crippen molar-refractivity contribution in [1.29, 1.82) is 0 Å². The summed E-state index contributed by atoms with van der Waals surface area (Å²) in [7, 11) is -3.58. The summed E-state index contributed by atoms with van der Waals surface area (Å²) in [6.45, 7) is 0.193. The van der Waals surface area contributed by atoms with E-state index in [9.17, 15) is 8.42 Å². The van der Waals surface area contributed by atoms with Crippen molar-refractivity contribution in [3.63, 3.8) is 0 Å². The molecule has 0 saturated heterocycles. The van der Waals surface area contributed by atoms with Crippen LogP contribution in [-0.2, 0) is 22.3 Å². The molecule has 0 saturated carbocycles. The zero-order valence-electron chi connectivity index (χ0n) is 9.91. The fourth-order valence-corrected chi connectivity index (χ4v) is 3.14. The first kappa shape index (κ1) is 14.0. The molecule has 102 valence electrons. The molecule has 8 heteroatoms. The third-order valence-corrected chi connectivity index (χ3v) is 4.30. The molecule has 1 N–H and O–H groups in total. The number of halogens is 1. The summed E-state index contributed by atoms with van der Waals surface area (Å²) in [6, 6.07) is 6.61. The van der Waals surface area contributed by atoms with Gasteiger partial charge >= 0.3 is 0 Å². The minimum Gasteiger partial charge on any atom is -0.343 e. The molecule has 0 aliphatic rings. The summed E-state index contributed by atoms with van der Waals surface area (Å²) in [5.74, 6) is 0.593. The summed E-state index contributed by atoms with van der Waals surface area (Å²) in [6.07, 6.45) is 1.56. The van der Waals surface area contributed by atoms with E-state index in [1.165, 1.54) is 12.5 Å². The normalized spacial score (nSPS) is 11.6. The van der Waals surface area contributed by atoms with Gasteiger partial charge < -0.3 is 4.52 Å². The van der Waals surface area contributed by atoms with Crippen molar-refractivity contribution < 1.29 is 12.9 Å². The number of nitrogens with one attached hydrogen (secondary N) is 1. The highest BCUT2D eigenvalue weighted by molar-refractivity contribution is 7.89. The smallest absolute Gasteiger partial charge is 0.240 e. The second kappa shape index (κ2) is 6.14. The van der Waals surface area contributed by atoms with Crippen LogP contribution in [0.3, 0.4) is 0 Å². The second-order valence-electron chi connectivity index (χ2n) is 3.74. The summed E-state index contributed by atoms with van der Waals surface area (Å²) >= 11 is 5.73. The zero-order valence-corrected chi connectivity index (χ0v) is 11.5. The molecule has 1 aromatic heterocycles. The van der Waals surface area contributed by atoms with E-state index < -0.39 is 10.0 Å². The SMILES string of the molecule is O=S(=O)(NCCc1ncon1)c1ccccc1CCl. The molecule has 0 radical (unpaired) electrons. The Bertz CT molecular complexity index is 628. The van der Waals surface area contributed by atoms with Gasteiger partial charge in [0.25, 0.3) is 0 Å². The van der Waals surface area contributed by atoms with Crippen LogP contribution >= 0.6 is 11.6 Å². The number of nitrogens with zero attached hydrogens (tertiary/aromatic N) is 2. The lowest BCUT2D eigenvalue weighted by Crippen LogP contribution is -2.27. The van der Waals surface area contributed by atoms with E-state index in [4.69, 9.17) is 11.6 Å². The maximum absolute atomic E-state index is 12.1. The van der Waals surface area contributed by atoms with Gasteiger partial charge in [-0.1, -0.05) is 23.4 Å². The fourth-order valence-electron chi connectivity index (χ4n) is 1.55. The second-order valence-corrected chi connectivity index (χ2v) is 5.74. The number of hydrogen-bond donors (Lipinski definition) is 1. The van der Waals surface area contributed by atoms with Crippen LogP contribution in [-0.4, -0.2) is 25.1 Å². The molecule has 0 atom stereocenters. The van der Waals surface area contributed by atoms with Gasteiger partial charge in [-0.25, -0.2) is 13.1 Å². The molecule has 6 nitrogen and oxygen atoms in total. The Morgan fingerprint density at radius 1 is 1.32 bits per heavy atom. The van der Waals surface area contributed by atoms with Gasteiger partial charge in [0.2, 0.25) is 16.4 Å². The fraction of sp³-hybridized carbons (Fsp3) is 0.273. The lowest BCUT2D eigenvalue weighted by atomic mass is 10.2. The number of aromatic nitrogens is 2. The average molecular weight is 302 g/mol. The highest BCUT2D eigenvalue weighted by Crippen LogP contribution is 2.16. The Balaban J connectivity index is 2.05. The maximum Gasteiger partial charge on any atom is 0.240 e. The number of hydrogen-bond acceptors (Lipinski definition) is 5. The zero-order chi connectivity index (χ0) is 13.7. The Labute approximate surface area is 115 Å². The number of sulfonamides is 1. The average Bonchev–Trinajstić information content (AvgIpc) is 2.91.